The summed E-state index contributed by atoms with van der Waals surface area (Å²) in [7, 11) is 0. The molecule has 6 rings (SSSR count). The van der Waals surface area contributed by atoms with Gasteiger partial charge in [-0.05, 0) is 68.3 Å². The number of rotatable bonds is 4. The van der Waals surface area contributed by atoms with E-state index in [1.165, 1.54) is 18.5 Å². The Bertz CT molecular complexity index is 1910. The van der Waals surface area contributed by atoms with E-state index < -0.39 is 17.6 Å². The first kappa shape index (κ1) is 23.6. The first-order chi connectivity index (χ1) is 18.3. The van der Waals surface area contributed by atoms with E-state index in [1.54, 1.807) is 15.3 Å². The fraction of sp³-hybridized carbons (Fsp3) is 0.172. The molecule has 0 bridgehead atoms. The zero-order chi connectivity index (χ0) is 26.6. The summed E-state index contributed by atoms with van der Waals surface area (Å²) >= 11 is 0. The molecule has 0 saturated heterocycles. The van der Waals surface area contributed by atoms with Gasteiger partial charge >= 0.3 is 0 Å². The van der Waals surface area contributed by atoms with Crippen LogP contribution in [0.5, 0.6) is 5.75 Å². The number of aromatic hydroxyl groups is 1. The number of nitrogen functional groups attached to an aromatic ring is 1. The first-order valence-corrected chi connectivity index (χ1v) is 12.3. The predicted molar refractivity (Wildman–Crippen MR) is 145 cm³/mol. The van der Waals surface area contributed by atoms with Crippen molar-refractivity contribution in [1.82, 2.24) is 24.3 Å². The highest BCUT2D eigenvalue weighted by molar-refractivity contribution is 5.98. The van der Waals surface area contributed by atoms with Crippen LogP contribution in [0.2, 0.25) is 0 Å². The smallest absolute Gasteiger partial charge is 0.263 e. The van der Waals surface area contributed by atoms with Gasteiger partial charge in [0.15, 0.2) is 17.2 Å². The van der Waals surface area contributed by atoms with Crippen LogP contribution >= 0.6 is 0 Å². The standard InChI is InChI=1S/C29H25FN6O2/c1-16-7-6-8-18-14-22(35(29(38)24(16)18)20-9-4-3-5-10-20)17(2)36-28-25(27(31)32-15-33-28)26(34-36)19-11-12-23(37)21(30)13-19/h3-5,8-15,17,37H,6-7H2,1-2H3,(H2,31,32,33). The van der Waals surface area contributed by atoms with Crippen LogP contribution in [0.3, 0.4) is 0 Å². The van der Waals surface area contributed by atoms with Gasteiger partial charge in [-0.1, -0.05) is 29.8 Å². The molecule has 38 heavy (non-hydrogen) atoms. The number of anilines is 1. The van der Waals surface area contributed by atoms with Gasteiger partial charge in [0.25, 0.3) is 5.56 Å². The van der Waals surface area contributed by atoms with Crippen molar-refractivity contribution in [2.24, 2.45) is 0 Å². The molecular weight excluding hydrogens is 483 g/mol. The second-order valence-corrected chi connectivity index (χ2v) is 9.49. The highest BCUT2D eigenvalue weighted by Crippen LogP contribution is 2.34. The molecule has 8 nitrogen and oxygen atoms in total. The van der Waals surface area contributed by atoms with E-state index in [2.05, 4.69) is 16.0 Å². The van der Waals surface area contributed by atoms with Gasteiger partial charge in [0, 0.05) is 16.5 Å². The third-order valence-electron chi connectivity index (χ3n) is 7.13. The summed E-state index contributed by atoms with van der Waals surface area (Å²) in [5.74, 6) is -1.04. The van der Waals surface area contributed by atoms with Crippen LogP contribution in [0, 0.1) is 5.82 Å². The van der Waals surface area contributed by atoms with Crippen molar-refractivity contribution in [3.05, 3.63) is 93.2 Å². The predicted octanol–water partition coefficient (Wildman–Crippen LogP) is 3.43. The van der Waals surface area contributed by atoms with Gasteiger partial charge in [0.05, 0.1) is 17.1 Å². The van der Waals surface area contributed by atoms with E-state index >= 15 is 0 Å². The molecule has 1 aliphatic carbocycles. The largest absolute Gasteiger partial charge is 0.505 e. The molecule has 9 heteroatoms. The van der Waals surface area contributed by atoms with Crippen LogP contribution < -0.4 is 21.7 Å². The fourth-order valence-corrected chi connectivity index (χ4v) is 5.21. The maximum absolute atomic E-state index is 14.3. The van der Waals surface area contributed by atoms with Crippen molar-refractivity contribution >= 4 is 28.5 Å². The lowest BCUT2D eigenvalue weighted by Crippen LogP contribution is -2.48. The molecule has 190 valence electrons. The molecule has 2 aromatic carbocycles. The summed E-state index contributed by atoms with van der Waals surface area (Å²) < 4.78 is 17.7. The number of phenolic OH excluding ortho intramolecular Hbond substituents is 1. The number of aromatic nitrogens is 5. The van der Waals surface area contributed by atoms with Crippen molar-refractivity contribution < 1.29 is 9.50 Å². The molecular formula is C29H25FN6O2. The summed E-state index contributed by atoms with van der Waals surface area (Å²) in [6, 6.07) is 15.1. The zero-order valence-electron chi connectivity index (χ0n) is 20.9. The van der Waals surface area contributed by atoms with Gasteiger partial charge in [-0.25, -0.2) is 19.0 Å². The normalized spacial score (nSPS) is 13.8. The number of hydrogen-bond acceptors (Lipinski definition) is 6. The molecule has 0 radical (unpaired) electrons. The molecule has 0 amide bonds. The lowest BCUT2D eigenvalue weighted by atomic mass is 10.0. The first-order valence-electron chi connectivity index (χ1n) is 12.3. The Labute approximate surface area is 216 Å². The van der Waals surface area contributed by atoms with Crippen molar-refractivity contribution in [1.29, 1.82) is 0 Å². The number of para-hydroxylation sites is 1. The van der Waals surface area contributed by atoms with Gasteiger partial charge in [-0.15, -0.1) is 0 Å². The molecule has 0 fully saturated rings. The number of hydrogen-bond donors (Lipinski definition) is 2. The average molecular weight is 509 g/mol. The summed E-state index contributed by atoms with van der Waals surface area (Å²) in [6.45, 7) is 3.95. The Kier molecular flexibility index (Phi) is 5.56. The Morgan fingerprint density at radius 1 is 1.11 bits per heavy atom. The molecule has 1 unspecified atom stereocenters. The quantitative estimate of drug-likeness (QED) is 0.385. The summed E-state index contributed by atoms with van der Waals surface area (Å²) in [5.41, 5.74) is 9.94. The highest BCUT2D eigenvalue weighted by Gasteiger charge is 2.25. The molecule has 1 aliphatic rings. The van der Waals surface area contributed by atoms with Gasteiger partial charge in [-0.3, -0.25) is 9.36 Å². The van der Waals surface area contributed by atoms with Crippen molar-refractivity contribution in [3.8, 4) is 22.7 Å². The summed E-state index contributed by atoms with van der Waals surface area (Å²) in [4.78, 5) is 22.6. The van der Waals surface area contributed by atoms with E-state index in [4.69, 9.17) is 10.8 Å². The average Bonchev–Trinajstić information content (AvgIpc) is 3.31. The topological polar surface area (TPSA) is 112 Å². The second kappa shape index (κ2) is 8.95. The van der Waals surface area contributed by atoms with Gasteiger partial charge in [-0.2, -0.15) is 5.10 Å². The lowest BCUT2D eigenvalue weighted by molar-refractivity contribution is 0.432. The van der Waals surface area contributed by atoms with Gasteiger partial charge in [0.2, 0.25) is 0 Å². The minimum Gasteiger partial charge on any atom is -0.505 e. The monoisotopic (exact) mass is 508 g/mol. The van der Waals surface area contributed by atoms with Crippen molar-refractivity contribution in [2.45, 2.75) is 32.7 Å². The molecule has 0 saturated carbocycles. The number of benzene rings is 2. The zero-order valence-corrected chi connectivity index (χ0v) is 20.9. The Morgan fingerprint density at radius 3 is 2.66 bits per heavy atom. The summed E-state index contributed by atoms with van der Waals surface area (Å²) in [5, 5.41) is 16.6. The van der Waals surface area contributed by atoms with Crippen LogP contribution in [0.1, 0.15) is 38.4 Å². The maximum atomic E-state index is 14.3. The second-order valence-electron chi connectivity index (χ2n) is 9.49. The van der Waals surface area contributed by atoms with Crippen molar-refractivity contribution in [3.63, 3.8) is 0 Å². The lowest BCUT2D eigenvalue weighted by Gasteiger charge is -2.21. The Balaban J connectivity index is 1.65. The van der Waals surface area contributed by atoms with Crippen LogP contribution in [0.4, 0.5) is 10.2 Å². The fourth-order valence-electron chi connectivity index (χ4n) is 5.21. The molecule has 0 spiro atoms. The maximum Gasteiger partial charge on any atom is 0.263 e. The number of halogens is 1. The molecule has 3 heterocycles. The van der Waals surface area contributed by atoms with Gasteiger partial charge in [0.1, 0.15) is 17.8 Å². The molecule has 5 aromatic rings. The van der Waals surface area contributed by atoms with E-state index in [0.717, 1.165) is 40.2 Å². The highest BCUT2D eigenvalue weighted by atomic mass is 19.1. The van der Waals surface area contributed by atoms with Crippen LogP contribution in [0.15, 0.2) is 65.7 Å². The molecule has 1 atom stereocenters. The number of pyridine rings is 1. The van der Waals surface area contributed by atoms with E-state index in [0.29, 0.717) is 22.3 Å². The Morgan fingerprint density at radius 2 is 1.89 bits per heavy atom. The van der Waals surface area contributed by atoms with E-state index in [1.807, 2.05) is 50.2 Å². The van der Waals surface area contributed by atoms with E-state index in [9.17, 15) is 14.3 Å². The number of phenols is 1. The number of nitrogens with two attached hydrogens (primary N) is 1. The minimum absolute atomic E-state index is 0.0876. The molecule has 3 aromatic heterocycles. The third-order valence-corrected chi connectivity index (χ3v) is 7.13. The SMILES string of the molecule is CC1=c2c(cc(C(C)n3nc(-c4ccc(O)c(F)c4)c4c(N)ncnc43)n(-c3ccccc3)c2=O)=CCC1. The number of nitrogens with zero attached hydrogens (tertiary/aromatic N) is 5. The molecule has 0 aliphatic heterocycles. The van der Waals surface area contributed by atoms with Crippen LogP contribution in [-0.2, 0) is 0 Å². The van der Waals surface area contributed by atoms with Crippen LogP contribution in [0.25, 0.3) is 39.6 Å². The number of fused-ring (bicyclic) bond motifs is 2. The molecule has 3 N–H and O–H groups in total. The van der Waals surface area contributed by atoms with E-state index in [-0.39, 0.29) is 11.4 Å². The Hall–Kier alpha value is -4.79. The summed E-state index contributed by atoms with van der Waals surface area (Å²) in [6.07, 6.45) is 5.17. The van der Waals surface area contributed by atoms with Crippen molar-refractivity contribution in [2.75, 3.05) is 5.73 Å². The minimum atomic E-state index is -0.775. The van der Waals surface area contributed by atoms with Gasteiger partial charge < -0.3 is 10.8 Å². The third kappa shape index (κ3) is 3.66. The van der Waals surface area contributed by atoms with Crippen LogP contribution in [-0.4, -0.2) is 29.4 Å².